The van der Waals surface area contributed by atoms with Gasteiger partial charge in [0.15, 0.2) is 0 Å². The fourth-order valence-corrected chi connectivity index (χ4v) is 3.11. The third kappa shape index (κ3) is 6.00. The van der Waals surface area contributed by atoms with Gasteiger partial charge in [-0.05, 0) is 37.5 Å². The number of nitrogens with one attached hydrogen (secondary N) is 2. The molecule has 6 heteroatoms. The summed E-state index contributed by atoms with van der Waals surface area (Å²) in [6.45, 7) is 8.20. The molecule has 2 amide bonds. The van der Waals surface area contributed by atoms with E-state index in [9.17, 15) is 9.59 Å². The van der Waals surface area contributed by atoms with E-state index in [4.69, 9.17) is 9.47 Å². The maximum Gasteiger partial charge on any atom is 0.408 e. The normalized spacial score (nSPS) is 11.3. The summed E-state index contributed by atoms with van der Waals surface area (Å²) in [5, 5.41) is 7.35. The van der Waals surface area contributed by atoms with Crippen molar-refractivity contribution in [1.82, 2.24) is 5.32 Å². The molecule has 0 saturated heterocycles. The van der Waals surface area contributed by atoms with E-state index in [2.05, 4.69) is 24.5 Å². The molecule has 0 aromatic heterocycles. The molecule has 0 spiro atoms. The van der Waals surface area contributed by atoms with E-state index in [1.807, 2.05) is 66.7 Å². The number of rotatable bonds is 8. The number of alkyl carbamates (subject to hydrolysis) is 1. The van der Waals surface area contributed by atoms with Crippen molar-refractivity contribution in [3.8, 4) is 5.75 Å². The lowest BCUT2D eigenvalue weighted by atomic mass is 10.0. The summed E-state index contributed by atoms with van der Waals surface area (Å²) in [5.74, 6) is 0.825. The molecule has 3 rings (SSSR count). The number of benzene rings is 3. The molecule has 0 atom stereocenters. The largest absolute Gasteiger partial charge is 0.493 e. The van der Waals surface area contributed by atoms with E-state index in [-0.39, 0.29) is 12.5 Å². The Morgan fingerprint density at radius 3 is 2.25 bits per heavy atom. The Kier molecular flexibility index (Phi) is 7.36. The lowest BCUT2D eigenvalue weighted by Crippen LogP contribution is -2.52. The molecule has 3 aromatic carbocycles. The van der Waals surface area contributed by atoms with Gasteiger partial charge in [0.2, 0.25) is 5.91 Å². The van der Waals surface area contributed by atoms with Crippen molar-refractivity contribution in [3.05, 3.63) is 72.3 Å². The number of carbonyl (C=O) groups excluding carboxylic acids is 2. The van der Waals surface area contributed by atoms with Crippen LogP contribution in [0, 0.1) is 5.92 Å². The van der Waals surface area contributed by atoms with E-state index in [1.54, 1.807) is 13.8 Å². The fourth-order valence-electron chi connectivity index (χ4n) is 3.11. The van der Waals surface area contributed by atoms with Gasteiger partial charge in [-0.2, -0.15) is 0 Å². The van der Waals surface area contributed by atoms with Crippen molar-refractivity contribution in [1.29, 1.82) is 0 Å². The number of amides is 2. The van der Waals surface area contributed by atoms with Gasteiger partial charge in [-0.15, -0.1) is 0 Å². The van der Waals surface area contributed by atoms with Crippen LogP contribution in [0.1, 0.15) is 33.3 Å². The number of anilines is 1. The SMILES string of the molecule is CC(C)COc1ccc(NC(=O)C(C)(C)NC(=O)OCc2ccccc2)c2ccccc12. The molecule has 0 saturated carbocycles. The predicted octanol–water partition coefficient (Wildman–Crippen LogP) is 5.52. The van der Waals surface area contributed by atoms with E-state index in [0.29, 0.717) is 18.2 Å². The highest BCUT2D eigenvalue weighted by molar-refractivity contribution is 6.07. The molecule has 0 bridgehead atoms. The Morgan fingerprint density at radius 1 is 0.906 bits per heavy atom. The summed E-state index contributed by atoms with van der Waals surface area (Å²) in [6, 6.07) is 20.8. The van der Waals surface area contributed by atoms with Crippen LogP contribution in [-0.2, 0) is 16.1 Å². The molecule has 0 aliphatic carbocycles. The standard InChI is InChI=1S/C26H30N2O4/c1-18(2)16-31-23-15-14-22(20-12-8-9-13-21(20)23)27-24(29)26(3,4)28-25(30)32-17-19-10-6-5-7-11-19/h5-15,18H,16-17H2,1-4H3,(H,27,29)(H,28,30). The first-order valence-corrected chi connectivity index (χ1v) is 10.7. The van der Waals surface area contributed by atoms with Crippen molar-refractivity contribution < 1.29 is 19.1 Å². The van der Waals surface area contributed by atoms with Crippen LogP contribution in [0.15, 0.2) is 66.7 Å². The second kappa shape index (κ2) is 10.2. The third-order valence-corrected chi connectivity index (χ3v) is 4.90. The smallest absolute Gasteiger partial charge is 0.408 e. The van der Waals surface area contributed by atoms with Crippen LogP contribution in [0.4, 0.5) is 10.5 Å². The summed E-state index contributed by atoms with van der Waals surface area (Å²) in [4.78, 5) is 25.2. The number of carbonyl (C=O) groups is 2. The summed E-state index contributed by atoms with van der Waals surface area (Å²) in [7, 11) is 0. The molecule has 2 N–H and O–H groups in total. The van der Waals surface area contributed by atoms with Crippen LogP contribution in [-0.4, -0.2) is 24.1 Å². The average Bonchev–Trinajstić information content (AvgIpc) is 2.77. The highest BCUT2D eigenvalue weighted by Crippen LogP contribution is 2.32. The Bertz CT molecular complexity index is 1080. The minimum Gasteiger partial charge on any atom is -0.493 e. The van der Waals surface area contributed by atoms with E-state index in [0.717, 1.165) is 22.1 Å². The van der Waals surface area contributed by atoms with Crippen molar-refractivity contribution >= 4 is 28.5 Å². The van der Waals surface area contributed by atoms with Crippen LogP contribution in [0.2, 0.25) is 0 Å². The molecule has 0 heterocycles. The molecule has 0 aliphatic heterocycles. The van der Waals surface area contributed by atoms with Gasteiger partial charge in [-0.25, -0.2) is 4.79 Å². The van der Waals surface area contributed by atoms with Crippen molar-refractivity contribution in [2.75, 3.05) is 11.9 Å². The van der Waals surface area contributed by atoms with Crippen molar-refractivity contribution in [3.63, 3.8) is 0 Å². The molecule has 168 valence electrons. The fraction of sp³-hybridized carbons (Fsp3) is 0.308. The minimum atomic E-state index is -1.18. The van der Waals surface area contributed by atoms with Crippen molar-refractivity contribution in [2.45, 2.75) is 39.8 Å². The zero-order valence-corrected chi connectivity index (χ0v) is 19.0. The summed E-state index contributed by atoms with van der Waals surface area (Å²) in [6.07, 6.45) is -0.656. The van der Waals surface area contributed by atoms with Crippen LogP contribution in [0.5, 0.6) is 5.75 Å². The Balaban J connectivity index is 1.68. The molecule has 0 unspecified atom stereocenters. The van der Waals surface area contributed by atoms with Gasteiger partial charge in [0.05, 0.1) is 6.61 Å². The van der Waals surface area contributed by atoms with Gasteiger partial charge in [-0.3, -0.25) is 4.79 Å². The van der Waals surface area contributed by atoms with Crippen molar-refractivity contribution in [2.24, 2.45) is 5.92 Å². The molecule has 0 fully saturated rings. The quantitative estimate of drug-likeness (QED) is 0.490. The maximum absolute atomic E-state index is 13.0. The molecule has 0 aliphatic rings. The van der Waals surface area contributed by atoms with Gasteiger partial charge in [0.1, 0.15) is 17.9 Å². The second-order valence-electron chi connectivity index (χ2n) is 8.63. The number of fused-ring (bicyclic) bond motifs is 1. The first-order chi connectivity index (χ1) is 15.3. The van der Waals surface area contributed by atoms with E-state index >= 15 is 0 Å². The second-order valence-corrected chi connectivity index (χ2v) is 8.63. The van der Waals surface area contributed by atoms with E-state index in [1.165, 1.54) is 0 Å². The molecule has 0 radical (unpaired) electrons. The number of hydrogen-bond acceptors (Lipinski definition) is 4. The van der Waals surface area contributed by atoms with Gasteiger partial charge >= 0.3 is 6.09 Å². The molecule has 32 heavy (non-hydrogen) atoms. The summed E-state index contributed by atoms with van der Waals surface area (Å²) < 4.78 is 11.2. The number of ether oxygens (including phenoxy) is 2. The topological polar surface area (TPSA) is 76.7 Å². The zero-order valence-electron chi connectivity index (χ0n) is 19.0. The predicted molar refractivity (Wildman–Crippen MR) is 127 cm³/mol. The highest BCUT2D eigenvalue weighted by atomic mass is 16.5. The zero-order chi connectivity index (χ0) is 23.1. The lowest BCUT2D eigenvalue weighted by molar-refractivity contribution is -0.121. The summed E-state index contributed by atoms with van der Waals surface area (Å²) >= 11 is 0. The lowest BCUT2D eigenvalue weighted by Gasteiger charge is -2.25. The maximum atomic E-state index is 13.0. The Morgan fingerprint density at radius 2 is 1.56 bits per heavy atom. The molecule has 6 nitrogen and oxygen atoms in total. The monoisotopic (exact) mass is 434 g/mol. The van der Waals surface area contributed by atoms with Crippen LogP contribution < -0.4 is 15.4 Å². The summed E-state index contributed by atoms with van der Waals surface area (Å²) in [5.41, 5.74) is 0.341. The molecular weight excluding hydrogens is 404 g/mol. The van der Waals surface area contributed by atoms with Gasteiger partial charge in [0, 0.05) is 16.5 Å². The van der Waals surface area contributed by atoms with Gasteiger partial charge < -0.3 is 20.1 Å². The average molecular weight is 435 g/mol. The van der Waals surface area contributed by atoms with Gasteiger partial charge in [0.25, 0.3) is 0 Å². The molecular formula is C26H30N2O4. The third-order valence-electron chi connectivity index (χ3n) is 4.90. The Labute approximate surface area is 188 Å². The van der Waals surface area contributed by atoms with Crippen LogP contribution in [0.25, 0.3) is 10.8 Å². The van der Waals surface area contributed by atoms with Crippen LogP contribution in [0.3, 0.4) is 0 Å². The van der Waals surface area contributed by atoms with Gasteiger partial charge in [-0.1, -0.05) is 68.4 Å². The van der Waals surface area contributed by atoms with Crippen LogP contribution >= 0.6 is 0 Å². The highest BCUT2D eigenvalue weighted by Gasteiger charge is 2.30. The molecule has 3 aromatic rings. The minimum absolute atomic E-state index is 0.132. The number of hydrogen-bond donors (Lipinski definition) is 2. The first-order valence-electron chi connectivity index (χ1n) is 10.7. The van der Waals surface area contributed by atoms with E-state index < -0.39 is 11.6 Å². The Hall–Kier alpha value is -3.54. The first kappa shape index (κ1) is 23.1.